The Morgan fingerprint density at radius 3 is 2.50 bits per heavy atom. The number of likely N-dealkylation sites (tertiary alicyclic amines) is 1. The summed E-state index contributed by atoms with van der Waals surface area (Å²) in [5.74, 6) is 0.0150. The maximum Gasteiger partial charge on any atom is 0.311 e. The number of nitrogens with zero attached hydrogens (tertiary/aromatic N) is 1. The molecular weight excluding hydrogens is 306 g/mol. The smallest absolute Gasteiger partial charge is 0.311 e. The number of rotatable bonds is 4. The van der Waals surface area contributed by atoms with E-state index in [2.05, 4.69) is 0 Å². The van der Waals surface area contributed by atoms with E-state index in [9.17, 15) is 14.7 Å². The summed E-state index contributed by atoms with van der Waals surface area (Å²) in [4.78, 5) is 26.6. The van der Waals surface area contributed by atoms with Gasteiger partial charge < -0.3 is 14.7 Å². The molecule has 1 aliphatic carbocycles. The van der Waals surface area contributed by atoms with Crippen molar-refractivity contribution in [3.05, 3.63) is 29.8 Å². The third-order valence-corrected chi connectivity index (χ3v) is 5.77. The van der Waals surface area contributed by atoms with E-state index < -0.39 is 16.8 Å². The highest BCUT2D eigenvalue weighted by atomic mass is 16.5. The van der Waals surface area contributed by atoms with Gasteiger partial charge in [-0.1, -0.05) is 25.0 Å². The highest BCUT2D eigenvalue weighted by molar-refractivity contribution is 5.90. The molecule has 0 unspecified atom stereocenters. The summed E-state index contributed by atoms with van der Waals surface area (Å²) in [5, 5.41) is 9.43. The molecule has 1 N–H and O–H groups in total. The fourth-order valence-corrected chi connectivity index (χ4v) is 4.14. The standard InChI is InChI=1S/C19H25NO4/c1-18(17(22)23)10-11-20(13-18)16(21)19(8-3-4-9-19)14-6-5-7-15(12-14)24-2/h5-7,12H,3-4,8-11,13H2,1-2H3,(H,22,23)/t18-/m0/s1. The van der Waals surface area contributed by atoms with Gasteiger partial charge >= 0.3 is 5.97 Å². The minimum absolute atomic E-state index is 0.0817. The molecule has 5 heteroatoms. The van der Waals surface area contributed by atoms with Crippen LogP contribution in [-0.2, 0) is 15.0 Å². The van der Waals surface area contributed by atoms with Crippen LogP contribution < -0.4 is 4.74 Å². The zero-order valence-corrected chi connectivity index (χ0v) is 14.4. The molecule has 0 bridgehead atoms. The van der Waals surface area contributed by atoms with Gasteiger partial charge in [-0.2, -0.15) is 0 Å². The molecular formula is C19H25NO4. The van der Waals surface area contributed by atoms with Gasteiger partial charge in [0.25, 0.3) is 0 Å². The van der Waals surface area contributed by atoms with Crippen LogP contribution in [0.25, 0.3) is 0 Å². The normalized spacial score (nSPS) is 25.7. The quantitative estimate of drug-likeness (QED) is 0.921. The minimum Gasteiger partial charge on any atom is -0.497 e. The van der Waals surface area contributed by atoms with Crippen LogP contribution in [0.15, 0.2) is 24.3 Å². The van der Waals surface area contributed by atoms with Crippen molar-refractivity contribution in [3.63, 3.8) is 0 Å². The second-order valence-corrected chi connectivity index (χ2v) is 7.36. The molecule has 0 radical (unpaired) electrons. The van der Waals surface area contributed by atoms with Gasteiger partial charge in [-0.3, -0.25) is 9.59 Å². The van der Waals surface area contributed by atoms with Crippen LogP contribution in [0.3, 0.4) is 0 Å². The van der Waals surface area contributed by atoms with Crippen molar-refractivity contribution in [2.75, 3.05) is 20.2 Å². The van der Waals surface area contributed by atoms with E-state index in [-0.39, 0.29) is 5.91 Å². The van der Waals surface area contributed by atoms with Crippen molar-refractivity contribution < 1.29 is 19.4 Å². The fraction of sp³-hybridized carbons (Fsp3) is 0.579. The molecule has 1 atom stereocenters. The molecule has 1 aromatic carbocycles. The fourth-order valence-electron chi connectivity index (χ4n) is 4.14. The Labute approximate surface area is 142 Å². The van der Waals surface area contributed by atoms with Crippen LogP contribution in [0.4, 0.5) is 0 Å². The lowest BCUT2D eigenvalue weighted by Gasteiger charge is -2.33. The van der Waals surface area contributed by atoms with Crippen molar-refractivity contribution in [3.8, 4) is 5.75 Å². The number of hydrogen-bond acceptors (Lipinski definition) is 3. The monoisotopic (exact) mass is 331 g/mol. The molecule has 2 fully saturated rings. The van der Waals surface area contributed by atoms with Crippen LogP contribution >= 0.6 is 0 Å². The first-order valence-electron chi connectivity index (χ1n) is 8.59. The number of aliphatic carboxylic acids is 1. The third-order valence-electron chi connectivity index (χ3n) is 5.77. The lowest BCUT2D eigenvalue weighted by Crippen LogP contribution is -2.45. The molecule has 1 saturated carbocycles. The third kappa shape index (κ3) is 2.66. The number of amides is 1. The molecule has 1 heterocycles. The number of hydrogen-bond donors (Lipinski definition) is 1. The summed E-state index contributed by atoms with van der Waals surface area (Å²) in [6, 6.07) is 7.76. The van der Waals surface area contributed by atoms with E-state index in [0.29, 0.717) is 19.5 Å². The first-order chi connectivity index (χ1) is 11.4. The number of methoxy groups -OCH3 is 1. The van der Waals surface area contributed by atoms with Crippen molar-refractivity contribution in [2.45, 2.75) is 44.4 Å². The number of benzene rings is 1. The summed E-state index contributed by atoms with van der Waals surface area (Å²) in [6.07, 6.45) is 4.20. The van der Waals surface area contributed by atoms with E-state index in [0.717, 1.165) is 37.0 Å². The van der Waals surface area contributed by atoms with Crippen LogP contribution in [0.1, 0.15) is 44.6 Å². The number of carboxylic acids is 1. The first-order valence-corrected chi connectivity index (χ1v) is 8.59. The van der Waals surface area contributed by atoms with E-state index in [1.807, 2.05) is 24.3 Å². The Morgan fingerprint density at radius 1 is 1.21 bits per heavy atom. The lowest BCUT2D eigenvalue weighted by atomic mass is 9.77. The summed E-state index contributed by atoms with van der Waals surface area (Å²) in [7, 11) is 1.63. The summed E-state index contributed by atoms with van der Waals surface area (Å²) in [6.45, 7) is 2.55. The second-order valence-electron chi connectivity index (χ2n) is 7.36. The zero-order valence-electron chi connectivity index (χ0n) is 14.4. The Hall–Kier alpha value is -2.04. The predicted octanol–water partition coefficient (Wildman–Crippen LogP) is 2.83. The van der Waals surface area contributed by atoms with E-state index in [1.165, 1.54) is 0 Å². The summed E-state index contributed by atoms with van der Waals surface area (Å²) >= 11 is 0. The van der Waals surface area contributed by atoms with Gasteiger partial charge in [-0.05, 0) is 43.9 Å². The number of carboxylic acid groups (broad SMARTS) is 1. The zero-order chi connectivity index (χ0) is 17.4. The van der Waals surface area contributed by atoms with Crippen molar-refractivity contribution >= 4 is 11.9 Å². The topological polar surface area (TPSA) is 66.8 Å². The van der Waals surface area contributed by atoms with Crippen LogP contribution in [0.2, 0.25) is 0 Å². The Bertz CT molecular complexity index is 651. The molecule has 1 aromatic rings. The van der Waals surface area contributed by atoms with Gasteiger partial charge in [0.15, 0.2) is 0 Å². The van der Waals surface area contributed by atoms with Gasteiger partial charge in [0.1, 0.15) is 5.75 Å². The molecule has 2 aliphatic rings. The second kappa shape index (κ2) is 6.11. The van der Waals surface area contributed by atoms with Crippen molar-refractivity contribution in [2.24, 2.45) is 5.41 Å². The molecule has 24 heavy (non-hydrogen) atoms. The van der Waals surface area contributed by atoms with E-state index in [1.54, 1.807) is 18.9 Å². The SMILES string of the molecule is COc1cccc(C2(C(=O)N3CC[C@](C)(C(=O)O)C3)CCCC2)c1. The largest absolute Gasteiger partial charge is 0.497 e. The number of carbonyl (C=O) groups excluding carboxylic acids is 1. The molecule has 5 nitrogen and oxygen atoms in total. The molecule has 0 aromatic heterocycles. The van der Waals surface area contributed by atoms with Crippen molar-refractivity contribution in [1.82, 2.24) is 4.90 Å². The van der Waals surface area contributed by atoms with Crippen LogP contribution in [0.5, 0.6) is 5.75 Å². The van der Waals surface area contributed by atoms with Gasteiger partial charge in [0.2, 0.25) is 5.91 Å². The van der Waals surface area contributed by atoms with Gasteiger partial charge in [-0.25, -0.2) is 0 Å². The Morgan fingerprint density at radius 2 is 1.92 bits per heavy atom. The number of ether oxygens (including phenoxy) is 1. The molecule has 3 rings (SSSR count). The summed E-state index contributed by atoms with van der Waals surface area (Å²) < 4.78 is 5.33. The Kier molecular flexibility index (Phi) is 4.28. The van der Waals surface area contributed by atoms with Crippen LogP contribution in [0, 0.1) is 5.41 Å². The van der Waals surface area contributed by atoms with Gasteiger partial charge in [0, 0.05) is 13.1 Å². The Balaban J connectivity index is 1.91. The first kappa shape index (κ1) is 16.8. The van der Waals surface area contributed by atoms with Crippen molar-refractivity contribution in [1.29, 1.82) is 0 Å². The van der Waals surface area contributed by atoms with Crippen LogP contribution in [-0.4, -0.2) is 42.1 Å². The molecule has 130 valence electrons. The maximum absolute atomic E-state index is 13.4. The molecule has 1 saturated heterocycles. The average Bonchev–Trinajstić information content (AvgIpc) is 3.23. The van der Waals surface area contributed by atoms with Gasteiger partial charge in [-0.15, -0.1) is 0 Å². The number of carbonyl (C=O) groups is 2. The highest BCUT2D eigenvalue weighted by Crippen LogP contribution is 2.45. The molecule has 0 spiro atoms. The minimum atomic E-state index is -0.830. The van der Waals surface area contributed by atoms with E-state index >= 15 is 0 Å². The maximum atomic E-state index is 13.4. The average molecular weight is 331 g/mol. The molecule has 1 aliphatic heterocycles. The highest BCUT2D eigenvalue weighted by Gasteiger charge is 2.49. The van der Waals surface area contributed by atoms with E-state index in [4.69, 9.17) is 4.74 Å². The summed E-state index contributed by atoms with van der Waals surface area (Å²) in [5.41, 5.74) is -0.365. The molecule has 1 amide bonds. The van der Waals surface area contributed by atoms with Gasteiger partial charge in [0.05, 0.1) is 17.9 Å². The lowest BCUT2D eigenvalue weighted by molar-refractivity contribution is -0.147. The predicted molar refractivity (Wildman–Crippen MR) is 90.1 cm³/mol.